The maximum atomic E-state index is 13.9. The SMILES string of the molecule is COc1ccc(C2C3=CCC4C(=O)N(c5cccc(B(O)O)c5)C(=O)C4C3CC3=C2C(=O)C(C)=CC3=O)c(O)c1. The summed E-state index contributed by atoms with van der Waals surface area (Å²) < 4.78 is 5.23. The molecule has 1 fully saturated rings. The van der Waals surface area contributed by atoms with Gasteiger partial charge >= 0.3 is 7.12 Å². The third-order valence-electron chi connectivity index (χ3n) is 8.54. The number of ketones is 2. The minimum atomic E-state index is -1.77. The van der Waals surface area contributed by atoms with Gasteiger partial charge in [0.15, 0.2) is 11.6 Å². The van der Waals surface area contributed by atoms with Crippen molar-refractivity contribution in [2.75, 3.05) is 12.0 Å². The molecule has 4 aliphatic rings. The first-order valence-electron chi connectivity index (χ1n) is 13.0. The van der Waals surface area contributed by atoms with Crippen LogP contribution in [0.1, 0.15) is 31.2 Å². The van der Waals surface area contributed by atoms with E-state index < -0.39 is 42.6 Å². The fraction of sp³-hybridized carbons (Fsp3) is 0.267. The van der Waals surface area contributed by atoms with Crippen molar-refractivity contribution in [1.82, 2.24) is 0 Å². The zero-order chi connectivity index (χ0) is 28.5. The van der Waals surface area contributed by atoms with E-state index in [9.17, 15) is 34.3 Å². The molecule has 40 heavy (non-hydrogen) atoms. The van der Waals surface area contributed by atoms with Gasteiger partial charge in [-0.25, -0.2) is 0 Å². The summed E-state index contributed by atoms with van der Waals surface area (Å²) >= 11 is 0. The van der Waals surface area contributed by atoms with Gasteiger partial charge in [-0.3, -0.25) is 24.1 Å². The van der Waals surface area contributed by atoms with Gasteiger partial charge in [-0.05, 0) is 55.4 Å². The van der Waals surface area contributed by atoms with Crippen molar-refractivity contribution >= 4 is 41.6 Å². The molecule has 0 saturated carbocycles. The van der Waals surface area contributed by atoms with Crippen LogP contribution in [0.25, 0.3) is 0 Å². The van der Waals surface area contributed by atoms with Gasteiger partial charge in [0, 0.05) is 34.3 Å². The monoisotopic (exact) mass is 539 g/mol. The van der Waals surface area contributed by atoms with E-state index in [0.29, 0.717) is 28.0 Å². The second-order valence-corrected chi connectivity index (χ2v) is 10.6. The molecule has 10 heteroatoms. The number of anilines is 1. The molecule has 1 heterocycles. The van der Waals surface area contributed by atoms with Crippen LogP contribution in [0.4, 0.5) is 5.69 Å². The number of aromatic hydroxyl groups is 1. The van der Waals surface area contributed by atoms with E-state index in [0.717, 1.165) is 10.5 Å². The third-order valence-corrected chi connectivity index (χ3v) is 8.54. The number of hydrogen-bond donors (Lipinski definition) is 3. The van der Waals surface area contributed by atoms with Gasteiger partial charge < -0.3 is 19.9 Å². The molecule has 0 radical (unpaired) electrons. The lowest BCUT2D eigenvalue weighted by molar-refractivity contribution is -0.123. The predicted molar refractivity (Wildman–Crippen MR) is 145 cm³/mol. The van der Waals surface area contributed by atoms with E-state index in [1.54, 1.807) is 25.1 Å². The van der Waals surface area contributed by atoms with E-state index in [1.807, 2.05) is 6.08 Å². The molecule has 2 aromatic rings. The number of nitrogens with zero attached hydrogens (tertiary/aromatic N) is 1. The van der Waals surface area contributed by atoms with Crippen molar-refractivity contribution < 1.29 is 39.1 Å². The number of amides is 2. The van der Waals surface area contributed by atoms with Gasteiger partial charge in [0.1, 0.15) is 11.5 Å². The molecule has 4 atom stereocenters. The van der Waals surface area contributed by atoms with E-state index in [4.69, 9.17) is 4.74 Å². The van der Waals surface area contributed by atoms with Crippen molar-refractivity contribution in [2.45, 2.75) is 25.7 Å². The van der Waals surface area contributed by atoms with Crippen LogP contribution < -0.4 is 15.1 Å². The smallest absolute Gasteiger partial charge is 0.488 e. The topological polar surface area (TPSA) is 141 Å². The Morgan fingerprint density at radius 2 is 1.77 bits per heavy atom. The molecule has 3 N–H and O–H groups in total. The summed E-state index contributed by atoms with van der Waals surface area (Å²) in [6.07, 6.45) is 3.54. The summed E-state index contributed by atoms with van der Waals surface area (Å²) in [4.78, 5) is 55.3. The average Bonchev–Trinajstić information content (AvgIpc) is 3.20. The van der Waals surface area contributed by atoms with Crippen LogP contribution in [0.15, 0.2) is 76.9 Å². The van der Waals surface area contributed by atoms with Crippen molar-refractivity contribution in [3.63, 3.8) is 0 Å². The molecule has 6 rings (SSSR count). The summed E-state index contributed by atoms with van der Waals surface area (Å²) in [6, 6.07) is 10.7. The van der Waals surface area contributed by atoms with Gasteiger partial charge in [-0.15, -0.1) is 0 Å². The van der Waals surface area contributed by atoms with E-state index in [2.05, 4.69) is 0 Å². The fourth-order valence-electron chi connectivity index (χ4n) is 6.69. The number of allylic oxidation sites excluding steroid dienone is 6. The molecular formula is C30H26BNO8. The molecule has 4 unspecified atom stereocenters. The lowest BCUT2D eigenvalue weighted by Gasteiger charge is -2.42. The van der Waals surface area contributed by atoms with Gasteiger partial charge in [0.05, 0.1) is 24.6 Å². The van der Waals surface area contributed by atoms with Crippen molar-refractivity contribution in [3.05, 3.63) is 82.5 Å². The van der Waals surface area contributed by atoms with Crippen LogP contribution in [0, 0.1) is 17.8 Å². The molecule has 2 amide bonds. The highest BCUT2D eigenvalue weighted by molar-refractivity contribution is 6.58. The molecule has 2 aromatic carbocycles. The first-order chi connectivity index (χ1) is 19.1. The number of Topliss-reactive ketones (excluding diaryl/α,β-unsaturated/α-hetero) is 1. The number of carbonyl (C=O) groups is 4. The second kappa shape index (κ2) is 9.43. The normalized spacial score (nSPS) is 25.8. The molecular weight excluding hydrogens is 513 g/mol. The number of methoxy groups -OCH3 is 1. The fourth-order valence-corrected chi connectivity index (χ4v) is 6.69. The maximum absolute atomic E-state index is 13.9. The maximum Gasteiger partial charge on any atom is 0.488 e. The van der Waals surface area contributed by atoms with Gasteiger partial charge in [0.2, 0.25) is 11.8 Å². The number of ether oxygens (including phenoxy) is 1. The quantitative estimate of drug-likeness (QED) is 0.231. The Morgan fingerprint density at radius 1 is 1.00 bits per heavy atom. The molecule has 1 aliphatic heterocycles. The molecule has 202 valence electrons. The minimum Gasteiger partial charge on any atom is -0.507 e. The summed E-state index contributed by atoms with van der Waals surface area (Å²) in [5.41, 5.74) is 2.41. The second-order valence-electron chi connectivity index (χ2n) is 10.6. The molecule has 3 aliphatic carbocycles. The summed E-state index contributed by atoms with van der Waals surface area (Å²) in [6.45, 7) is 1.58. The molecule has 1 saturated heterocycles. The molecule has 0 bridgehead atoms. The zero-order valence-corrected chi connectivity index (χ0v) is 21.8. The lowest BCUT2D eigenvalue weighted by Crippen LogP contribution is -2.40. The van der Waals surface area contributed by atoms with E-state index >= 15 is 0 Å². The summed E-state index contributed by atoms with van der Waals surface area (Å²) in [7, 11) is -0.297. The van der Waals surface area contributed by atoms with Crippen molar-refractivity contribution in [3.8, 4) is 11.5 Å². The largest absolute Gasteiger partial charge is 0.507 e. The van der Waals surface area contributed by atoms with Crippen LogP contribution in [0.2, 0.25) is 0 Å². The highest BCUT2D eigenvalue weighted by Gasteiger charge is 2.56. The Hall–Kier alpha value is -4.28. The van der Waals surface area contributed by atoms with E-state index in [1.165, 1.54) is 37.5 Å². The lowest BCUT2D eigenvalue weighted by atomic mass is 9.59. The number of fused-ring (bicyclic) bond motifs is 3. The minimum absolute atomic E-state index is 0.109. The third kappa shape index (κ3) is 3.78. The predicted octanol–water partition coefficient (Wildman–Crippen LogP) is 1.71. The first-order valence-corrected chi connectivity index (χ1v) is 13.0. The van der Waals surface area contributed by atoms with Crippen LogP contribution in [-0.4, -0.2) is 52.8 Å². The van der Waals surface area contributed by atoms with Crippen LogP contribution in [0.3, 0.4) is 0 Å². The van der Waals surface area contributed by atoms with Crippen LogP contribution in [-0.2, 0) is 19.2 Å². The van der Waals surface area contributed by atoms with Gasteiger partial charge in [-0.2, -0.15) is 0 Å². The first kappa shape index (κ1) is 26.0. The Kier molecular flexibility index (Phi) is 6.12. The van der Waals surface area contributed by atoms with Crippen LogP contribution >= 0.6 is 0 Å². The van der Waals surface area contributed by atoms with E-state index in [-0.39, 0.29) is 41.3 Å². The number of rotatable bonds is 4. The number of phenols is 1. The Labute approximate surface area is 230 Å². The number of imide groups is 1. The Balaban J connectivity index is 1.47. The molecule has 0 spiro atoms. The molecule has 0 aromatic heterocycles. The summed E-state index contributed by atoms with van der Waals surface area (Å²) in [5, 5.41) is 30.2. The van der Waals surface area contributed by atoms with Gasteiger partial charge in [0.25, 0.3) is 0 Å². The van der Waals surface area contributed by atoms with Crippen molar-refractivity contribution in [2.24, 2.45) is 17.8 Å². The Bertz CT molecular complexity index is 1600. The average molecular weight is 539 g/mol. The highest BCUT2D eigenvalue weighted by atomic mass is 16.5. The van der Waals surface area contributed by atoms with Crippen molar-refractivity contribution in [1.29, 1.82) is 0 Å². The number of hydrogen-bond acceptors (Lipinski definition) is 8. The number of carbonyl (C=O) groups excluding carboxylic acids is 4. The highest BCUT2D eigenvalue weighted by Crippen LogP contribution is 2.56. The summed E-state index contributed by atoms with van der Waals surface area (Å²) in [5.74, 6) is -3.93. The number of phenolic OH excluding ortho intramolecular Hbond substituents is 1. The zero-order valence-electron chi connectivity index (χ0n) is 21.8. The standard InChI is InChI=1S/C30H26BNO8/c1-14-10-23(33)22-13-21-18(25(27(22)28(14)35)19-7-6-17(40-2)12-24(19)34)8-9-20-26(21)30(37)32(29(20)36)16-5-3-4-15(11-16)31(38)39/h3-8,10-12,20-21,25-26,34,38-39H,9,13H2,1-2H3. The number of benzene rings is 2. The van der Waals surface area contributed by atoms with Gasteiger partial charge in [-0.1, -0.05) is 29.8 Å². The van der Waals surface area contributed by atoms with Crippen LogP contribution in [0.5, 0.6) is 11.5 Å². The molecule has 9 nitrogen and oxygen atoms in total. The Morgan fingerprint density at radius 3 is 2.48 bits per heavy atom.